The number of rotatable bonds is 2. The van der Waals surface area contributed by atoms with Crippen molar-refractivity contribution in [2.45, 2.75) is 70.8 Å². The number of hydrogen-bond donors (Lipinski definition) is 1. The van der Waals surface area contributed by atoms with Crippen LogP contribution < -0.4 is 5.32 Å². The van der Waals surface area contributed by atoms with Crippen LogP contribution in [0.15, 0.2) is 4.99 Å². The van der Waals surface area contributed by atoms with Crippen molar-refractivity contribution >= 4 is 29.9 Å². The lowest BCUT2D eigenvalue weighted by molar-refractivity contribution is 0.202. The Labute approximate surface area is 141 Å². The molecule has 0 amide bonds. The summed E-state index contributed by atoms with van der Waals surface area (Å²) in [4.78, 5) is 7.29. The maximum atomic E-state index is 4.74. The van der Waals surface area contributed by atoms with Crippen LogP contribution in [0.3, 0.4) is 0 Å². The Kier molecular flexibility index (Phi) is 5.99. The SMILES string of the molecule is CCN=C(NC1CCC1)N1CCC2(CCCCC2)C1.I. The van der Waals surface area contributed by atoms with Gasteiger partial charge in [-0.05, 0) is 50.9 Å². The van der Waals surface area contributed by atoms with E-state index in [2.05, 4.69) is 17.1 Å². The lowest BCUT2D eigenvalue weighted by Gasteiger charge is -2.35. The second-order valence-electron chi connectivity index (χ2n) is 6.80. The number of halogens is 1. The first kappa shape index (κ1) is 16.4. The Morgan fingerprint density at radius 3 is 2.50 bits per heavy atom. The molecule has 2 aliphatic carbocycles. The zero-order valence-corrected chi connectivity index (χ0v) is 15.2. The van der Waals surface area contributed by atoms with Crippen LogP contribution in [0.5, 0.6) is 0 Å². The van der Waals surface area contributed by atoms with Crippen LogP contribution in [-0.4, -0.2) is 36.5 Å². The molecule has 1 saturated heterocycles. The average molecular weight is 391 g/mol. The molecule has 1 aliphatic heterocycles. The highest BCUT2D eigenvalue weighted by molar-refractivity contribution is 14.0. The molecule has 3 aliphatic rings. The molecule has 20 heavy (non-hydrogen) atoms. The van der Waals surface area contributed by atoms with E-state index in [-0.39, 0.29) is 24.0 Å². The molecule has 116 valence electrons. The maximum absolute atomic E-state index is 4.74. The van der Waals surface area contributed by atoms with Crippen LogP contribution in [0, 0.1) is 5.41 Å². The van der Waals surface area contributed by atoms with Crippen molar-refractivity contribution < 1.29 is 0 Å². The first-order valence-electron chi connectivity index (χ1n) is 8.37. The molecule has 4 heteroatoms. The lowest BCUT2D eigenvalue weighted by atomic mass is 9.73. The summed E-state index contributed by atoms with van der Waals surface area (Å²) in [5, 5.41) is 3.69. The van der Waals surface area contributed by atoms with E-state index in [0.29, 0.717) is 11.5 Å². The molecule has 0 aromatic rings. The minimum absolute atomic E-state index is 0. The highest BCUT2D eigenvalue weighted by atomic mass is 127. The fourth-order valence-corrected chi connectivity index (χ4v) is 3.95. The van der Waals surface area contributed by atoms with Crippen molar-refractivity contribution in [1.82, 2.24) is 10.2 Å². The largest absolute Gasteiger partial charge is 0.354 e. The second kappa shape index (κ2) is 7.32. The van der Waals surface area contributed by atoms with Gasteiger partial charge in [0, 0.05) is 25.7 Å². The van der Waals surface area contributed by atoms with Crippen LogP contribution in [0.2, 0.25) is 0 Å². The highest BCUT2D eigenvalue weighted by Gasteiger charge is 2.40. The van der Waals surface area contributed by atoms with Crippen LogP contribution >= 0.6 is 24.0 Å². The molecule has 0 aromatic heterocycles. The van der Waals surface area contributed by atoms with Crippen LogP contribution in [0.4, 0.5) is 0 Å². The van der Waals surface area contributed by atoms with Gasteiger partial charge in [-0.3, -0.25) is 4.99 Å². The Morgan fingerprint density at radius 2 is 1.90 bits per heavy atom. The molecule has 3 rings (SSSR count). The molecule has 2 saturated carbocycles. The van der Waals surface area contributed by atoms with Crippen molar-refractivity contribution in [2.75, 3.05) is 19.6 Å². The van der Waals surface area contributed by atoms with Crippen molar-refractivity contribution in [3.05, 3.63) is 0 Å². The fraction of sp³-hybridized carbons (Fsp3) is 0.938. The number of hydrogen-bond acceptors (Lipinski definition) is 1. The average Bonchev–Trinajstić information content (AvgIpc) is 2.77. The molecule has 0 atom stereocenters. The van der Waals surface area contributed by atoms with Gasteiger partial charge in [0.05, 0.1) is 0 Å². The summed E-state index contributed by atoms with van der Waals surface area (Å²) >= 11 is 0. The van der Waals surface area contributed by atoms with Crippen LogP contribution in [0.1, 0.15) is 64.7 Å². The second-order valence-corrected chi connectivity index (χ2v) is 6.80. The molecular weight excluding hydrogens is 361 g/mol. The van der Waals surface area contributed by atoms with E-state index in [4.69, 9.17) is 4.99 Å². The van der Waals surface area contributed by atoms with Gasteiger partial charge in [0.1, 0.15) is 0 Å². The Balaban J connectivity index is 0.00000147. The third kappa shape index (κ3) is 3.60. The molecule has 1 N–H and O–H groups in total. The van der Waals surface area contributed by atoms with Gasteiger partial charge in [-0.25, -0.2) is 0 Å². The summed E-state index contributed by atoms with van der Waals surface area (Å²) in [6.45, 7) is 5.53. The van der Waals surface area contributed by atoms with E-state index in [1.54, 1.807) is 0 Å². The minimum atomic E-state index is 0. The van der Waals surface area contributed by atoms with Gasteiger partial charge in [-0.2, -0.15) is 0 Å². The molecule has 3 nitrogen and oxygen atoms in total. The quantitative estimate of drug-likeness (QED) is 0.441. The summed E-state index contributed by atoms with van der Waals surface area (Å²) < 4.78 is 0. The van der Waals surface area contributed by atoms with Crippen molar-refractivity contribution in [1.29, 1.82) is 0 Å². The lowest BCUT2D eigenvalue weighted by Crippen LogP contribution is -2.48. The maximum Gasteiger partial charge on any atom is 0.194 e. The number of aliphatic imine (C=N–C) groups is 1. The molecule has 3 fully saturated rings. The standard InChI is InChI=1S/C16H29N3.HI/c1-2-17-15(18-14-7-6-8-14)19-12-11-16(13-19)9-4-3-5-10-16;/h14H,2-13H2,1H3,(H,17,18);1H. The summed E-state index contributed by atoms with van der Waals surface area (Å²) in [5.74, 6) is 1.20. The minimum Gasteiger partial charge on any atom is -0.354 e. The Bertz CT molecular complexity index is 333. The number of nitrogens with one attached hydrogen (secondary N) is 1. The number of nitrogens with zero attached hydrogens (tertiary/aromatic N) is 2. The monoisotopic (exact) mass is 391 g/mol. The molecule has 0 aromatic carbocycles. The van der Waals surface area contributed by atoms with Gasteiger partial charge < -0.3 is 10.2 Å². The van der Waals surface area contributed by atoms with Crippen molar-refractivity contribution in [3.63, 3.8) is 0 Å². The summed E-state index contributed by atoms with van der Waals surface area (Å²) in [6, 6.07) is 0.702. The third-order valence-corrected chi connectivity index (χ3v) is 5.40. The smallest absolute Gasteiger partial charge is 0.194 e. The highest BCUT2D eigenvalue weighted by Crippen LogP contribution is 2.43. The normalized spacial score (nSPS) is 26.2. The summed E-state index contributed by atoms with van der Waals surface area (Å²) in [7, 11) is 0. The third-order valence-electron chi connectivity index (χ3n) is 5.40. The topological polar surface area (TPSA) is 27.6 Å². The van der Waals surface area contributed by atoms with Gasteiger partial charge in [0.2, 0.25) is 0 Å². The van der Waals surface area contributed by atoms with E-state index in [9.17, 15) is 0 Å². The van der Waals surface area contributed by atoms with Crippen LogP contribution in [-0.2, 0) is 0 Å². The molecule has 0 unspecified atom stereocenters. The molecule has 0 bridgehead atoms. The van der Waals surface area contributed by atoms with E-state index in [0.717, 1.165) is 6.54 Å². The molecule has 0 radical (unpaired) electrons. The fourth-order valence-electron chi connectivity index (χ4n) is 3.95. The molecular formula is C16H30IN3. The first-order valence-corrected chi connectivity index (χ1v) is 8.37. The van der Waals surface area contributed by atoms with Gasteiger partial charge >= 0.3 is 0 Å². The summed E-state index contributed by atoms with van der Waals surface area (Å²) in [6.07, 6.45) is 12.7. The van der Waals surface area contributed by atoms with Gasteiger partial charge in [0.15, 0.2) is 5.96 Å². The van der Waals surface area contributed by atoms with Gasteiger partial charge in [-0.15, -0.1) is 24.0 Å². The van der Waals surface area contributed by atoms with E-state index < -0.39 is 0 Å². The first-order chi connectivity index (χ1) is 9.31. The predicted molar refractivity (Wildman–Crippen MR) is 95.9 cm³/mol. The summed E-state index contributed by atoms with van der Waals surface area (Å²) in [5.41, 5.74) is 0.633. The van der Waals surface area contributed by atoms with Crippen molar-refractivity contribution in [2.24, 2.45) is 10.4 Å². The van der Waals surface area contributed by atoms with E-state index >= 15 is 0 Å². The molecule has 1 spiro atoms. The van der Waals surface area contributed by atoms with Crippen LogP contribution in [0.25, 0.3) is 0 Å². The number of guanidine groups is 1. The molecule has 1 heterocycles. The Hall–Kier alpha value is 0. The van der Waals surface area contributed by atoms with Gasteiger partial charge in [-0.1, -0.05) is 19.3 Å². The van der Waals surface area contributed by atoms with Gasteiger partial charge in [0.25, 0.3) is 0 Å². The van der Waals surface area contributed by atoms with E-state index in [1.807, 2.05) is 0 Å². The Morgan fingerprint density at radius 1 is 1.15 bits per heavy atom. The van der Waals surface area contributed by atoms with Crippen molar-refractivity contribution in [3.8, 4) is 0 Å². The zero-order chi connectivity index (χ0) is 13.1. The van der Waals surface area contributed by atoms with E-state index in [1.165, 1.54) is 76.8 Å². The zero-order valence-electron chi connectivity index (χ0n) is 12.9. The predicted octanol–water partition coefficient (Wildman–Crippen LogP) is 3.78. The number of likely N-dealkylation sites (tertiary alicyclic amines) is 1.